The Hall–Kier alpha value is -1.33. The number of carbonyl (C=O) groups is 1. The molecule has 1 amide bonds. The third-order valence-electron chi connectivity index (χ3n) is 2.07. The van der Waals surface area contributed by atoms with Crippen LogP contribution in [0.3, 0.4) is 0 Å². The monoisotopic (exact) mass is 313 g/mol. The van der Waals surface area contributed by atoms with Crippen LogP contribution >= 0.6 is 27.5 Å². The van der Waals surface area contributed by atoms with E-state index in [9.17, 15) is 4.79 Å². The van der Waals surface area contributed by atoms with Crippen molar-refractivity contribution in [2.75, 3.05) is 5.32 Å². The lowest BCUT2D eigenvalue weighted by atomic mass is 10.3. The zero-order valence-corrected chi connectivity index (χ0v) is 11.1. The smallest absolute Gasteiger partial charge is 0.246 e. The molecule has 4 nitrogen and oxygen atoms in total. The van der Waals surface area contributed by atoms with E-state index >= 15 is 0 Å². The van der Waals surface area contributed by atoms with E-state index in [1.807, 2.05) is 0 Å². The Kier molecular flexibility index (Phi) is 3.81. The van der Waals surface area contributed by atoms with Crippen molar-refractivity contribution in [2.45, 2.75) is 6.54 Å². The van der Waals surface area contributed by atoms with Crippen molar-refractivity contribution >= 4 is 39.1 Å². The van der Waals surface area contributed by atoms with E-state index in [4.69, 9.17) is 11.6 Å². The van der Waals surface area contributed by atoms with Crippen LogP contribution < -0.4 is 5.32 Å². The Labute approximate surface area is 112 Å². The molecular weight excluding hydrogens is 305 g/mol. The number of aromatic nitrogens is 2. The number of rotatable bonds is 3. The van der Waals surface area contributed by atoms with Gasteiger partial charge in [0.05, 0.1) is 5.02 Å². The molecule has 0 atom stereocenters. The van der Waals surface area contributed by atoms with Gasteiger partial charge in [-0.15, -0.1) is 0 Å². The summed E-state index contributed by atoms with van der Waals surface area (Å²) in [6.45, 7) is 0.188. The maximum atomic E-state index is 11.7. The molecule has 0 fully saturated rings. The van der Waals surface area contributed by atoms with Crippen LogP contribution in [0.1, 0.15) is 0 Å². The third-order valence-corrected chi connectivity index (χ3v) is 3.28. The number of hydrogen-bond donors (Lipinski definition) is 1. The van der Waals surface area contributed by atoms with Gasteiger partial charge in [-0.3, -0.25) is 9.48 Å². The van der Waals surface area contributed by atoms with Crippen molar-refractivity contribution in [2.24, 2.45) is 0 Å². The number of anilines is 1. The minimum atomic E-state index is -0.136. The average Bonchev–Trinajstić information content (AvgIpc) is 2.76. The average molecular weight is 315 g/mol. The highest BCUT2D eigenvalue weighted by molar-refractivity contribution is 9.10. The first kappa shape index (κ1) is 12.1. The molecule has 1 aromatic carbocycles. The molecular formula is C11H9BrClN3O. The molecule has 1 heterocycles. The van der Waals surface area contributed by atoms with Gasteiger partial charge in [0.1, 0.15) is 6.54 Å². The molecule has 0 saturated heterocycles. The predicted molar refractivity (Wildman–Crippen MR) is 70.0 cm³/mol. The van der Waals surface area contributed by atoms with Gasteiger partial charge in [-0.1, -0.05) is 11.6 Å². The lowest BCUT2D eigenvalue weighted by molar-refractivity contribution is -0.116. The molecule has 0 unspecified atom stereocenters. The molecule has 0 aliphatic heterocycles. The molecule has 0 saturated carbocycles. The molecule has 0 bridgehead atoms. The number of nitrogens with one attached hydrogen (secondary N) is 1. The van der Waals surface area contributed by atoms with Crippen molar-refractivity contribution in [3.63, 3.8) is 0 Å². The van der Waals surface area contributed by atoms with Gasteiger partial charge >= 0.3 is 0 Å². The van der Waals surface area contributed by atoms with Crippen LogP contribution in [0.5, 0.6) is 0 Å². The topological polar surface area (TPSA) is 46.9 Å². The SMILES string of the molecule is O=C(Cn1cccn1)Nc1ccc(Cl)c(Br)c1. The number of benzene rings is 1. The molecule has 0 radical (unpaired) electrons. The van der Waals surface area contributed by atoms with Crippen molar-refractivity contribution in [1.29, 1.82) is 0 Å². The number of hydrogen-bond acceptors (Lipinski definition) is 2. The van der Waals surface area contributed by atoms with Gasteiger partial charge in [0, 0.05) is 22.6 Å². The van der Waals surface area contributed by atoms with Crippen LogP contribution in [0, 0.1) is 0 Å². The largest absolute Gasteiger partial charge is 0.324 e. The zero-order valence-electron chi connectivity index (χ0n) is 8.73. The van der Waals surface area contributed by atoms with Crippen LogP contribution in [-0.2, 0) is 11.3 Å². The molecule has 0 spiro atoms. The number of nitrogens with zero attached hydrogens (tertiary/aromatic N) is 2. The molecule has 1 aromatic heterocycles. The summed E-state index contributed by atoms with van der Waals surface area (Å²) in [5, 5.41) is 7.32. The fourth-order valence-electron chi connectivity index (χ4n) is 1.32. The molecule has 0 aliphatic rings. The first-order valence-electron chi connectivity index (χ1n) is 4.87. The van der Waals surface area contributed by atoms with Crippen molar-refractivity contribution < 1.29 is 4.79 Å². The summed E-state index contributed by atoms with van der Waals surface area (Å²) in [6, 6.07) is 6.98. The van der Waals surface area contributed by atoms with Gasteiger partial charge in [-0.25, -0.2) is 0 Å². The van der Waals surface area contributed by atoms with Crippen LogP contribution in [0.15, 0.2) is 41.1 Å². The van der Waals surface area contributed by atoms with E-state index < -0.39 is 0 Å². The highest BCUT2D eigenvalue weighted by Gasteiger charge is 2.05. The Morgan fingerprint density at radius 3 is 3.00 bits per heavy atom. The fourth-order valence-corrected chi connectivity index (χ4v) is 1.81. The lowest BCUT2D eigenvalue weighted by Crippen LogP contribution is -2.18. The minimum absolute atomic E-state index is 0.136. The lowest BCUT2D eigenvalue weighted by Gasteiger charge is -2.06. The molecule has 2 rings (SSSR count). The van der Waals surface area contributed by atoms with Crippen molar-refractivity contribution in [3.05, 3.63) is 46.2 Å². The highest BCUT2D eigenvalue weighted by Crippen LogP contribution is 2.25. The summed E-state index contributed by atoms with van der Waals surface area (Å²) in [5.41, 5.74) is 0.693. The van der Waals surface area contributed by atoms with Crippen LogP contribution in [0.25, 0.3) is 0 Å². The van der Waals surface area contributed by atoms with Crippen molar-refractivity contribution in [1.82, 2.24) is 9.78 Å². The zero-order chi connectivity index (χ0) is 12.3. The molecule has 6 heteroatoms. The summed E-state index contributed by atoms with van der Waals surface area (Å²) in [4.78, 5) is 11.7. The molecule has 0 aliphatic carbocycles. The van der Waals surface area contributed by atoms with Crippen molar-refractivity contribution in [3.8, 4) is 0 Å². The van der Waals surface area contributed by atoms with Crippen LogP contribution in [-0.4, -0.2) is 15.7 Å². The van der Waals surface area contributed by atoms with Gasteiger partial charge in [-0.05, 0) is 40.2 Å². The van der Waals surface area contributed by atoms with Gasteiger partial charge in [0.15, 0.2) is 0 Å². The van der Waals surface area contributed by atoms with E-state index in [2.05, 4.69) is 26.3 Å². The van der Waals surface area contributed by atoms with E-state index in [0.29, 0.717) is 10.7 Å². The van der Waals surface area contributed by atoms with E-state index in [1.54, 1.807) is 41.3 Å². The molecule has 17 heavy (non-hydrogen) atoms. The first-order chi connectivity index (χ1) is 8.15. The Bertz CT molecular complexity index is 528. The second-order valence-corrected chi connectivity index (χ2v) is 4.64. The highest BCUT2D eigenvalue weighted by atomic mass is 79.9. The Morgan fingerprint density at radius 2 is 2.35 bits per heavy atom. The summed E-state index contributed by atoms with van der Waals surface area (Å²) < 4.78 is 2.30. The Balaban J connectivity index is 2.00. The fraction of sp³-hybridized carbons (Fsp3) is 0.0909. The molecule has 2 aromatic rings. The molecule has 88 valence electrons. The quantitative estimate of drug-likeness (QED) is 0.947. The number of amides is 1. The number of carbonyl (C=O) groups excluding carboxylic acids is 1. The predicted octanol–water partition coefficient (Wildman–Crippen LogP) is 2.94. The number of halogens is 2. The van der Waals surface area contributed by atoms with E-state index in [1.165, 1.54) is 0 Å². The van der Waals surface area contributed by atoms with Crippen LogP contribution in [0.2, 0.25) is 5.02 Å². The standard InChI is InChI=1S/C11H9BrClN3O/c12-9-6-8(2-3-10(9)13)15-11(17)7-16-5-1-4-14-16/h1-6H,7H2,(H,15,17). The first-order valence-corrected chi connectivity index (χ1v) is 6.04. The Morgan fingerprint density at radius 1 is 1.53 bits per heavy atom. The summed E-state index contributed by atoms with van der Waals surface area (Å²) >= 11 is 9.15. The second kappa shape index (κ2) is 5.33. The van der Waals surface area contributed by atoms with E-state index in [-0.39, 0.29) is 12.5 Å². The van der Waals surface area contributed by atoms with Crippen LogP contribution in [0.4, 0.5) is 5.69 Å². The van der Waals surface area contributed by atoms with E-state index in [0.717, 1.165) is 4.47 Å². The van der Waals surface area contributed by atoms with Gasteiger partial charge in [-0.2, -0.15) is 5.10 Å². The summed E-state index contributed by atoms with van der Waals surface area (Å²) in [7, 11) is 0. The normalized spacial score (nSPS) is 10.2. The summed E-state index contributed by atoms with van der Waals surface area (Å²) in [5.74, 6) is -0.136. The third kappa shape index (κ3) is 3.31. The second-order valence-electron chi connectivity index (χ2n) is 3.38. The maximum Gasteiger partial charge on any atom is 0.246 e. The van der Waals surface area contributed by atoms with Gasteiger partial charge < -0.3 is 5.32 Å². The minimum Gasteiger partial charge on any atom is -0.324 e. The van der Waals surface area contributed by atoms with Gasteiger partial charge in [0.25, 0.3) is 0 Å². The summed E-state index contributed by atoms with van der Waals surface area (Å²) in [6.07, 6.45) is 3.36. The van der Waals surface area contributed by atoms with Gasteiger partial charge in [0.2, 0.25) is 5.91 Å². The molecule has 1 N–H and O–H groups in total. The maximum absolute atomic E-state index is 11.7.